The molecule has 3 rings (SSSR count). The van der Waals surface area contributed by atoms with Crippen LogP contribution in [0.4, 0.5) is 0 Å². The number of nitrogens with zero attached hydrogens (tertiary/aromatic N) is 1. The minimum absolute atomic E-state index is 0.0688. The molecule has 32 heavy (non-hydrogen) atoms. The molecule has 1 aromatic carbocycles. The SMILES string of the molecule is CCCC[C](CCCC)(CCCC)[Sn][c]1ccc2c(c1)CN(C1CCC(=O)NC1=O)C2=O. The second kappa shape index (κ2) is 11.7. The monoisotopic (exact) mass is 546 g/mol. The molecule has 0 saturated carbocycles. The molecule has 1 atom stereocenters. The summed E-state index contributed by atoms with van der Waals surface area (Å²) in [6, 6.07) is 5.96. The fourth-order valence-corrected chi connectivity index (χ4v) is 10.6. The van der Waals surface area contributed by atoms with Crippen LogP contribution in [-0.4, -0.2) is 49.8 Å². The van der Waals surface area contributed by atoms with Crippen LogP contribution in [0.5, 0.6) is 0 Å². The zero-order valence-corrected chi connectivity index (χ0v) is 22.8. The molecule has 174 valence electrons. The Morgan fingerprint density at radius 2 is 1.62 bits per heavy atom. The van der Waals surface area contributed by atoms with Crippen LogP contribution in [0.1, 0.15) is 107 Å². The van der Waals surface area contributed by atoms with Gasteiger partial charge >= 0.3 is 204 Å². The number of imide groups is 1. The number of carbonyl (C=O) groups is 3. The van der Waals surface area contributed by atoms with Gasteiger partial charge in [0.15, 0.2) is 0 Å². The summed E-state index contributed by atoms with van der Waals surface area (Å²) in [4.78, 5) is 38.5. The van der Waals surface area contributed by atoms with Crippen molar-refractivity contribution in [2.45, 2.75) is 107 Å². The van der Waals surface area contributed by atoms with Crippen molar-refractivity contribution in [2.24, 2.45) is 0 Å². The first-order chi connectivity index (χ1) is 15.4. The fraction of sp³-hybridized carbons (Fsp3) is 0.654. The molecule has 1 fully saturated rings. The predicted octanol–water partition coefficient (Wildman–Crippen LogP) is 4.51. The summed E-state index contributed by atoms with van der Waals surface area (Å²) >= 11 is -0.865. The van der Waals surface area contributed by atoms with Crippen molar-refractivity contribution in [3.8, 4) is 0 Å². The molecule has 6 heteroatoms. The number of rotatable bonds is 12. The molecule has 0 spiro atoms. The second-order valence-corrected chi connectivity index (χ2v) is 14.9. The van der Waals surface area contributed by atoms with E-state index >= 15 is 0 Å². The van der Waals surface area contributed by atoms with E-state index in [9.17, 15) is 14.4 Å². The van der Waals surface area contributed by atoms with E-state index in [1.807, 2.05) is 6.07 Å². The van der Waals surface area contributed by atoms with Crippen LogP contribution in [0, 0.1) is 0 Å². The van der Waals surface area contributed by atoms with Gasteiger partial charge in [0.1, 0.15) is 0 Å². The van der Waals surface area contributed by atoms with Crippen molar-refractivity contribution in [3.05, 3.63) is 29.3 Å². The van der Waals surface area contributed by atoms with E-state index in [4.69, 9.17) is 0 Å². The van der Waals surface area contributed by atoms with Crippen molar-refractivity contribution in [2.75, 3.05) is 0 Å². The molecule has 2 aliphatic rings. The van der Waals surface area contributed by atoms with E-state index in [-0.39, 0.29) is 17.7 Å². The van der Waals surface area contributed by atoms with Gasteiger partial charge < -0.3 is 0 Å². The third kappa shape index (κ3) is 5.95. The number of hydrogen-bond acceptors (Lipinski definition) is 3. The van der Waals surface area contributed by atoms with Crippen molar-refractivity contribution in [1.82, 2.24) is 10.2 Å². The third-order valence-electron chi connectivity index (χ3n) is 6.96. The Morgan fingerprint density at radius 1 is 1.00 bits per heavy atom. The summed E-state index contributed by atoms with van der Waals surface area (Å²) in [6.45, 7) is 7.36. The first-order valence-corrected chi connectivity index (χ1v) is 15.3. The summed E-state index contributed by atoms with van der Waals surface area (Å²) in [5, 5.41) is 2.39. The number of piperidine rings is 1. The maximum absolute atomic E-state index is 13.0. The van der Waals surface area contributed by atoms with Gasteiger partial charge in [0.05, 0.1) is 0 Å². The molecular formula is C26H38N2O3Sn. The molecule has 5 nitrogen and oxygen atoms in total. The molecule has 2 heterocycles. The number of hydrogen-bond donors (Lipinski definition) is 1. The molecule has 2 aliphatic heterocycles. The van der Waals surface area contributed by atoms with E-state index in [1.165, 1.54) is 61.4 Å². The van der Waals surface area contributed by atoms with Crippen LogP contribution in [0.15, 0.2) is 18.2 Å². The third-order valence-corrected chi connectivity index (χ3v) is 12.3. The maximum atomic E-state index is 13.0. The Labute approximate surface area is 203 Å². The molecule has 0 aromatic heterocycles. The van der Waals surface area contributed by atoms with Crippen molar-refractivity contribution >= 4 is 42.4 Å². The number of benzene rings is 1. The first-order valence-electron chi connectivity index (χ1n) is 12.5. The Bertz CT molecular complexity index is 817. The molecule has 0 aliphatic carbocycles. The van der Waals surface area contributed by atoms with Gasteiger partial charge in [-0.3, -0.25) is 0 Å². The molecule has 1 unspecified atom stereocenters. The Hall–Kier alpha value is -1.37. The number of amides is 3. The van der Waals surface area contributed by atoms with Crippen LogP contribution in [0.3, 0.4) is 0 Å². The van der Waals surface area contributed by atoms with Crippen LogP contribution < -0.4 is 8.90 Å². The molecule has 1 saturated heterocycles. The van der Waals surface area contributed by atoms with Crippen molar-refractivity contribution in [3.63, 3.8) is 0 Å². The second-order valence-electron chi connectivity index (χ2n) is 9.49. The van der Waals surface area contributed by atoms with E-state index in [0.29, 0.717) is 22.8 Å². The predicted molar refractivity (Wildman–Crippen MR) is 129 cm³/mol. The standard InChI is InChI=1S/C13H11N2O3.C13H27.Sn/c16-11-6-5-10(12(17)14-11)15-7-8-3-1-2-4-9(8)13(15)18;1-4-7-10-13(11-8-5-2)12-9-6-3;/h2-4,10H,5-7H2,(H,14,16,17);4-12H2,1-3H3;. The molecule has 2 radical (unpaired) electrons. The van der Waals surface area contributed by atoms with E-state index < -0.39 is 27.2 Å². The number of fused-ring (bicyclic) bond motifs is 1. The summed E-state index contributed by atoms with van der Waals surface area (Å²) in [5.74, 6) is -0.648. The molecule has 1 aromatic rings. The summed E-state index contributed by atoms with van der Waals surface area (Å²) in [5.41, 5.74) is 1.80. The van der Waals surface area contributed by atoms with Gasteiger partial charge in [0, 0.05) is 0 Å². The van der Waals surface area contributed by atoms with Gasteiger partial charge in [-0.1, -0.05) is 0 Å². The van der Waals surface area contributed by atoms with E-state index in [2.05, 4.69) is 38.2 Å². The number of carbonyl (C=O) groups excluding carboxylic acids is 3. The average Bonchev–Trinajstić information content (AvgIpc) is 3.10. The zero-order valence-electron chi connectivity index (χ0n) is 20.0. The van der Waals surface area contributed by atoms with Gasteiger partial charge in [-0.25, -0.2) is 0 Å². The van der Waals surface area contributed by atoms with Crippen molar-refractivity contribution in [1.29, 1.82) is 0 Å². The topological polar surface area (TPSA) is 66.5 Å². The molecule has 0 bridgehead atoms. The van der Waals surface area contributed by atoms with Gasteiger partial charge in [-0.15, -0.1) is 0 Å². The summed E-state index contributed by atoms with van der Waals surface area (Å²) < 4.78 is 1.99. The number of unbranched alkanes of at least 4 members (excludes halogenated alkanes) is 3. The van der Waals surface area contributed by atoms with Gasteiger partial charge in [0.2, 0.25) is 0 Å². The Kier molecular flexibility index (Phi) is 9.21. The van der Waals surface area contributed by atoms with Crippen LogP contribution in [0.2, 0.25) is 3.43 Å². The fourth-order valence-electron chi connectivity index (χ4n) is 5.07. The van der Waals surface area contributed by atoms with Gasteiger partial charge in [0.25, 0.3) is 0 Å². The van der Waals surface area contributed by atoms with Gasteiger partial charge in [-0.05, 0) is 0 Å². The normalized spacial score (nSPS) is 18.8. The molecule has 3 amide bonds. The van der Waals surface area contributed by atoms with Crippen LogP contribution in [0.25, 0.3) is 0 Å². The summed E-state index contributed by atoms with van der Waals surface area (Å²) in [7, 11) is 0. The molecule has 1 N–H and O–H groups in total. The Morgan fingerprint density at radius 3 is 2.19 bits per heavy atom. The van der Waals surface area contributed by atoms with Crippen LogP contribution in [-0.2, 0) is 16.1 Å². The van der Waals surface area contributed by atoms with Crippen molar-refractivity contribution < 1.29 is 14.4 Å². The zero-order chi connectivity index (χ0) is 23.1. The van der Waals surface area contributed by atoms with E-state index in [0.717, 1.165) is 11.1 Å². The summed E-state index contributed by atoms with van der Waals surface area (Å²) in [6.07, 6.45) is 12.4. The number of nitrogens with one attached hydrogen (secondary N) is 1. The quantitative estimate of drug-likeness (QED) is 0.311. The Balaban J connectivity index is 1.79. The van der Waals surface area contributed by atoms with Crippen LogP contribution >= 0.6 is 0 Å². The van der Waals surface area contributed by atoms with Gasteiger partial charge in [-0.2, -0.15) is 0 Å². The minimum atomic E-state index is -0.865. The van der Waals surface area contributed by atoms with E-state index in [1.54, 1.807) is 4.90 Å². The average molecular weight is 545 g/mol. The first kappa shape index (κ1) is 25.3. The molecular weight excluding hydrogens is 507 g/mol.